The molecule has 0 N–H and O–H groups in total. The first-order valence-corrected chi connectivity index (χ1v) is 14.1. The molecule has 0 radical (unpaired) electrons. The van der Waals surface area contributed by atoms with Crippen molar-refractivity contribution in [2.24, 2.45) is 5.92 Å². The monoisotopic (exact) mass is 573 g/mol. The van der Waals surface area contributed by atoms with E-state index in [2.05, 4.69) is 4.98 Å². The Kier molecular flexibility index (Phi) is 7.65. The summed E-state index contributed by atoms with van der Waals surface area (Å²) in [7, 11) is 0. The number of thioether (sulfide) groups is 1. The Morgan fingerprint density at radius 2 is 1.80 bits per heavy atom. The third kappa shape index (κ3) is 5.59. The number of aryl methyl sites for hydroxylation is 1. The maximum Gasteiger partial charge on any atom is 0.418 e. The molecule has 1 aliphatic heterocycles. The summed E-state index contributed by atoms with van der Waals surface area (Å²) in [6, 6.07) is 17.7. The number of pyridine rings is 2. The number of rotatable bonds is 6. The summed E-state index contributed by atoms with van der Waals surface area (Å²) in [6.45, 7) is 2.89. The van der Waals surface area contributed by atoms with Gasteiger partial charge in [0.25, 0.3) is 5.92 Å². The first kappa shape index (κ1) is 28.1. The summed E-state index contributed by atoms with van der Waals surface area (Å²) in [4.78, 5) is 11.6. The number of hydrogen-bond acceptors (Lipinski definition) is 5. The molecule has 1 aliphatic rings. The molecule has 2 aromatic heterocycles. The van der Waals surface area contributed by atoms with Crippen molar-refractivity contribution in [1.29, 1.82) is 0 Å². The topological polar surface area (TPSA) is 38.2 Å². The van der Waals surface area contributed by atoms with Gasteiger partial charge in [-0.3, -0.25) is 0 Å². The van der Waals surface area contributed by atoms with Gasteiger partial charge >= 0.3 is 6.18 Å². The smallest absolute Gasteiger partial charge is 0.418 e. The van der Waals surface area contributed by atoms with E-state index in [0.29, 0.717) is 11.3 Å². The lowest BCUT2D eigenvalue weighted by molar-refractivity contribution is -0.138. The van der Waals surface area contributed by atoms with Gasteiger partial charge in [-0.1, -0.05) is 43.3 Å². The minimum Gasteiger partial charge on any atom is -0.488 e. The molecular formula is C30H28F5N3OS. The van der Waals surface area contributed by atoms with E-state index in [1.165, 1.54) is 25.6 Å². The second-order valence-corrected chi connectivity index (χ2v) is 10.8. The highest BCUT2D eigenvalue weighted by molar-refractivity contribution is 7.98. The Balaban J connectivity index is 1.69. The third-order valence-electron chi connectivity index (χ3n) is 7.22. The molecule has 0 amide bonds. The molecule has 0 saturated carbocycles. The fourth-order valence-corrected chi connectivity index (χ4v) is 5.59. The highest BCUT2D eigenvalue weighted by Crippen LogP contribution is 2.43. The van der Waals surface area contributed by atoms with Crippen LogP contribution in [0.25, 0.3) is 22.2 Å². The standard InChI is InChI=1S/C30H28F5N3OS/c1-18-16-38(13-12-29(18,31)32)28-21(14-22(19(2)36-28)30(33,34)35)24-15-25(39-17-20-8-5-4-6-9-20)27-23(37-24)10-7-11-26(27)40-3/h4-11,14-15,18H,12-13,16-17H2,1-3H3. The molecule has 0 bridgehead atoms. The maximum atomic E-state index is 14.3. The zero-order chi connectivity index (χ0) is 28.7. The van der Waals surface area contributed by atoms with Gasteiger partial charge in [-0.05, 0) is 36.9 Å². The van der Waals surface area contributed by atoms with E-state index in [1.54, 1.807) is 17.0 Å². The van der Waals surface area contributed by atoms with Gasteiger partial charge in [-0.2, -0.15) is 13.2 Å². The van der Waals surface area contributed by atoms with E-state index in [9.17, 15) is 22.0 Å². The minimum absolute atomic E-state index is 0.0380. The van der Waals surface area contributed by atoms with Crippen LogP contribution in [0.4, 0.5) is 27.8 Å². The lowest BCUT2D eigenvalue weighted by atomic mass is 9.94. The summed E-state index contributed by atoms with van der Waals surface area (Å²) in [6.07, 6.45) is -3.14. The molecule has 1 saturated heterocycles. The number of anilines is 1. The summed E-state index contributed by atoms with van der Waals surface area (Å²) < 4.78 is 76.9. The minimum atomic E-state index is -4.65. The van der Waals surface area contributed by atoms with Crippen LogP contribution >= 0.6 is 11.8 Å². The summed E-state index contributed by atoms with van der Waals surface area (Å²) in [5.41, 5.74) is 0.709. The van der Waals surface area contributed by atoms with Crippen molar-refractivity contribution in [2.75, 3.05) is 24.2 Å². The average Bonchev–Trinajstić information content (AvgIpc) is 2.92. The predicted molar refractivity (Wildman–Crippen MR) is 148 cm³/mol. The van der Waals surface area contributed by atoms with Crippen LogP contribution in [0.5, 0.6) is 5.75 Å². The highest BCUT2D eigenvalue weighted by Gasteiger charge is 2.42. The van der Waals surface area contributed by atoms with Gasteiger partial charge < -0.3 is 9.64 Å². The SMILES string of the molecule is CSc1cccc2nc(-c3cc(C(F)(F)F)c(C)nc3N3CCC(F)(F)C(C)C3)cc(OCc3ccccc3)c12. The molecule has 5 rings (SSSR count). The summed E-state index contributed by atoms with van der Waals surface area (Å²) in [5, 5.41) is 0.749. The number of benzene rings is 2. The highest BCUT2D eigenvalue weighted by atomic mass is 32.2. The van der Waals surface area contributed by atoms with Gasteiger partial charge in [-0.25, -0.2) is 18.7 Å². The number of ether oxygens (including phenoxy) is 1. The Labute approximate surface area is 233 Å². The Morgan fingerprint density at radius 3 is 2.48 bits per heavy atom. The molecule has 1 atom stereocenters. The van der Waals surface area contributed by atoms with Crippen molar-refractivity contribution in [3.63, 3.8) is 0 Å². The number of alkyl halides is 5. The molecule has 4 aromatic rings. The van der Waals surface area contributed by atoms with Gasteiger partial charge in [0.15, 0.2) is 0 Å². The summed E-state index contributed by atoms with van der Waals surface area (Å²) >= 11 is 1.51. The van der Waals surface area contributed by atoms with Crippen molar-refractivity contribution in [1.82, 2.24) is 9.97 Å². The lowest BCUT2D eigenvalue weighted by Crippen LogP contribution is -2.46. The van der Waals surface area contributed by atoms with Gasteiger partial charge in [0, 0.05) is 42.0 Å². The van der Waals surface area contributed by atoms with Crippen LogP contribution in [0.1, 0.15) is 30.2 Å². The second kappa shape index (κ2) is 10.9. The Morgan fingerprint density at radius 1 is 1.05 bits per heavy atom. The molecule has 1 unspecified atom stereocenters. The predicted octanol–water partition coefficient (Wildman–Crippen LogP) is 8.41. The molecule has 0 aliphatic carbocycles. The van der Waals surface area contributed by atoms with Crippen LogP contribution < -0.4 is 9.64 Å². The normalized spacial score (nSPS) is 17.3. The van der Waals surface area contributed by atoms with Crippen LogP contribution in [-0.4, -0.2) is 35.2 Å². The van der Waals surface area contributed by atoms with E-state index in [0.717, 1.165) is 21.9 Å². The van der Waals surface area contributed by atoms with Crippen molar-refractivity contribution in [3.05, 3.63) is 77.5 Å². The van der Waals surface area contributed by atoms with Crippen molar-refractivity contribution >= 4 is 28.5 Å². The number of halogens is 5. The molecule has 4 nitrogen and oxygen atoms in total. The van der Waals surface area contributed by atoms with Crippen LogP contribution in [0.3, 0.4) is 0 Å². The number of aromatic nitrogens is 2. The molecule has 10 heteroatoms. The van der Waals surface area contributed by atoms with E-state index in [1.807, 2.05) is 48.7 Å². The largest absolute Gasteiger partial charge is 0.488 e. The molecule has 40 heavy (non-hydrogen) atoms. The molecule has 1 fully saturated rings. The number of nitrogens with zero attached hydrogens (tertiary/aromatic N) is 3. The molecule has 2 aromatic carbocycles. The molecule has 210 valence electrons. The molecular weight excluding hydrogens is 545 g/mol. The van der Waals surface area contributed by atoms with Crippen LogP contribution in [0, 0.1) is 12.8 Å². The van der Waals surface area contributed by atoms with Crippen molar-refractivity contribution in [3.8, 4) is 17.0 Å². The fraction of sp³-hybridized carbons (Fsp3) is 0.333. The van der Waals surface area contributed by atoms with E-state index < -0.39 is 30.0 Å². The van der Waals surface area contributed by atoms with Gasteiger partial charge in [0.1, 0.15) is 18.2 Å². The number of hydrogen-bond donors (Lipinski definition) is 0. The molecule has 3 heterocycles. The lowest BCUT2D eigenvalue weighted by Gasteiger charge is -2.38. The Hall–Kier alpha value is -3.40. The van der Waals surface area contributed by atoms with Crippen molar-refractivity contribution in [2.45, 2.75) is 43.9 Å². The average molecular weight is 574 g/mol. The van der Waals surface area contributed by atoms with Gasteiger partial charge in [0.2, 0.25) is 0 Å². The maximum absolute atomic E-state index is 14.3. The van der Waals surface area contributed by atoms with Crippen molar-refractivity contribution < 1.29 is 26.7 Å². The fourth-order valence-electron chi connectivity index (χ4n) is 4.96. The first-order chi connectivity index (χ1) is 19.0. The zero-order valence-electron chi connectivity index (χ0n) is 22.2. The summed E-state index contributed by atoms with van der Waals surface area (Å²) in [5.74, 6) is -3.18. The van der Waals surface area contributed by atoms with E-state index in [-0.39, 0.29) is 42.5 Å². The van der Waals surface area contributed by atoms with Gasteiger partial charge in [0.05, 0.1) is 27.9 Å². The third-order valence-corrected chi connectivity index (χ3v) is 8.00. The van der Waals surface area contributed by atoms with Crippen LogP contribution in [0.15, 0.2) is 65.6 Å². The number of piperidine rings is 1. The quantitative estimate of drug-likeness (QED) is 0.171. The number of fused-ring (bicyclic) bond motifs is 1. The van der Waals surface area contributed by atoms with Crippen LogP contribution in [-0.2, 0) is 12.8 Å². The Bertz CT molecular complexity index is 1530. The van der Waals surface area contributed by atoms with Crippen LogP contribution in [0.2, 0.25) is 0 Å². The second-order valence-electron chi connectivity index (χ2n) is 9.98. The first-order valence-electron chi connectivity index (χ1n) is 12.8. The molecule has 0 spiro atoms. The van der Waals surface area contributed by atoms with E-state index in [4.69, 9.17) is 9.72 Å². The van der Waals surface area contributed by atoms with Gasteiger partial charge in [-0.15, -0.1) is 11.8 Å². The van der Waals surface area contributed by atoms with E-state index >= 15 is 0 Å². The zero-order valence-corrected chi connectivity index (χ0v) is 23.0.